The molecule has 2 N–H and O–H groups in total. The predicted molar refractivity (Wildman–Crippen MR) is 240 cm³/mol. The van der Waals surface area contributed by atoms with Gasteiger partial charge in [-0.2, -0.15) is 0 Å². The monoisotopic (exact) mass is 828 g/mol. The first-order chi connectivity index (χ1) is 27.7. The smallest absolute Gasteiger partial charge is 0.407 e. The van der Waals surface area contributed by atoms with E-state index < -0.39 is 17.3 Å². The summed E-state index contributed by atoms with van der Waals surface area (Å²) in [5.74, 6) is 4.79. The van der Waals surface area contributed by atoms with E-state index in [1.165, 1.54) is 51.4 Å². The average molecular weight is 828 g/mol. The number of esters is 1. The van der Waals surface area contributed by atoms with Crippen LogP contribution in [-0.2, 0) is 19.0 Å². The molecule has 0 heterocycles. The number of hydrogen-bond acceptors (Lipinski definition) is 7. The van der Waals surface area contributed by atoms with Gasteiger partial charge in [-0.3, -0.25) is 9.69 Å². The van der Waals surface area contributed by atoms with Gasteiger partial charge in [0.05, 0.1) is 6.54 Å². The summed E-state index contributed by atoms with van der Waals surface area (Å²) in [7, 11) is 0. The van der Waals surface area contributed by atoms with Crippen LogP contribution in [0.4, 0.5) is 9.59 Å². The lowest BCUT2D eigenvalue weighted by Gasteiger charge is -2.58. The predicted octanol–water partition coefficient (Wildman–Crippen LogP) is 12.0. The van der Waals surface area contributed by atoms with Gasteiger partial charge in [0.25, 0.3) is 0 Å². The SMILES string of the molecule is CC(C)CCC[C@@H](C)C1CCC2[C@@H]3CC=C4C[C@@H](OC(=O)CN(CCCCCCCCNC(=O)OC(C)(C)C)CCCNC(=O)OC(C)(C)C)CC[C@]4(C)C3CC[C@@]21C. The van der Waals surface area contributed by atoms with Gasteiger partial charge in [-0.25, -0.2) is 9.59 Å². The first-order valence-electron chi connectivity index (χ1n) is 24.2. The van der Waals surface area contributed by atoms with Crippen molar-refractivity contribution >= 4 is 18.2 Å². The minimum Gasteiger partial charge on any atom is -0.461 e. The number of nitrogens with zero attached hydrogens (tertiary/aromatic N) is 1. The van der Waals surface area contributed by atoms with Crippen molar-refractivity contribution in [2.24, 2.45) is 46.3 Å². The fraction of sp³-hybridized carbons (Fsp3) is 0.900. The highest BCUT2D eigenvalue weighted by molar-refractivity contribution is 5.72. The molecule has 59 heavy (non-hydrogen) atoms. The topological polar surface area (TPSA) is 106 Å². The minimum absolute atomic E-state index is 0.0460. The molecule has 0 aromatic carbocycles. The molecule has 0 aromatic heterocycles. The van der Waals surface area contributed by atoms with Crippen LogP contribution in [0.25, 0.3) is 0 Å². The summed E-state index contributed by atoms with van der Waals surface area (Å²) in [6, 6.07) is 0. The highest BCUT2D eigenvalue weighted by atomic mass is 16.6. The van der Waals surface area contributed by atoms with E-state index in [1.807, 2.05) is 41.5 Å². The maximum absolute atomic E-state index is 13.6. The molecular formula is C50H89N3O6. The molecule has 4 rings (SSSR count). The summed E-state index contributed by atoms with van der Waals surface area (Å²) in [5.41, 5.74) is 1.27. The molecule has 4 aliphatic rings. The van der Waals surface area contributed by atoms with Crippen molar-refractivity contribution in [3.05, 3.63) is 11.6 Å². The van der Waals surface area contributed by atoms with E-state index in [4.69, 9.17) is 14.2 Å². The molecular weight excluding hydrogens is 739 g/mol. The lowest BCUT2D eigenvalue weighted by molar-refractivity contribution is -0.153. The number of ether oxygens (including phenoxy) is 3. The van der Waals surface area contributed by atoms with Crippen LogP contribution in [0.5, 0.6) is 0 Å². The van der Waals surface area contributed by atoms with Crippen LogP contribution in [-0.4, -0.2) is 73.1 Å². The molecule has 340 valence electrons. The van der Waals surface area contributed by atoms with Crippen molar-refractivity contribution < 1.29 is 28.6 Å². The fourth-order valence-corrected chi connectivity index (χ4v) is 11.9. The number of nitrogens with one attached hydrogen (secondary N) is 2. The molecule has 3 saturated carbocycles. The number of carbonyl (C=O) groups excluding carboxylic acids is 3. The lowest BCUT2D eigenvalue weighted by atomic mass is 9.47. The van der Waals surface area contributed by atoms with Crippen LogP contribution in [0.15, 0.2) is 11.6 Å². The second kappa shape index (κ2) is 22.2. The zero-order valence-electron chi connectivity index (χ0n) is 39.8. The molecule has 4 aliphatic carbocycles. The minimum atomic E-state index is -0.539. The van der Waals surface area contributed by atoms with E-state index in [2.05, 4.69) is 56.2 Å². The molecule has 0 bridgehead atoms. The molecule has 0 saturated heterocycles. The van der Waals surface area contributed by atoms with Gasteiger partial charge in [-0.05, 0) is 159 Å². The average Bonchev–Trinajstić information content (AvgIpc) is 3.48. The Bertz CT molecular complexity index is 1370. The Labute approximate surface area is 361 Å². The molecule has 0 aromatic rings. The van der Waals surface area contributed by atoms with Gasteiger partial charge in [0.15, 0.2) is 0 Å². The zero-order chi connectivity index (χ0) is 43.4. The van der Waals surface area contributed by atoms with E-state index >= 15 is 0 Å². The number of carbonyl (C=O) groups is 3. The highest BCUT2D eigenvalue weighted by Crippen LogP contribution is 2.67. The molecule has 0 radical (unpaired) electrons. The number of unbranched alkanes of at least 4 members (excludes halogenated alkanes) is 5. The van der Waals surface area contributed by atoms with Crippen molar-refractivity contribution in [1.29, 1.82) is 0 Å². The Morgan fingerprint density at radius 2 is 1.36 bits per heavy atom. The van der Waals surface area contributed by atoms with Gasteiger partial charge in [0.1, 0.15) is 17.3 Å². The molecule has 9 nitrogen and oxygen atoms in total. The van der Waals surface area contributed by atoms with Crippen LogP contribution in [0.3, 0.4) is 0 Å². The summed E-state index contributed by atoms with van der Waals surface area (Å²) in [5, 5.41) is 5.71. The molecule has 2 amide bonds. The standard InChI is InChI=1S/C50H89N3O6/c1-36(2)20-18-21-37(3)41-24-25-42-40-23-22-38-34-39(26-28-49(38,10)43(40)27-29-50(41,42)11)57-44(54)35-53(33-19-31-52-46(56)59-48(7,8)9)32-17-15-13-12-14-16-30-51-45(55)58-47(4,5)6/h22,36-37,39-43H,12-21,23-35H2,1-11H3,(H,51,55)(H,52,56)/t37-,39+,40+,41?,42?,43?,49+,50-/m1/s1. The van der Waals surface area contributed by atoms with Gasteiger partial charge in [0, 0.05) is 26.1 Å². The maximum Gasteiger partial charge on any atom is 0.407 e. The zero-order valence-corrected chi connectivity index (χ0v) is 39.8. The van der Waals surface area contributed by atoms with Crippen molar-refractivity contribution in [1.82, 2.24) is 15.5 Å². The summed E-state index contributed by atoms with van der Waals surface area (Å²) >= 11 is 0. The third-order valence-corrected chi connectivity index (χ3v) is 14.8. The van der Waals surface area contributed by atoms with Crippen molar-refractivity contribution in [3.63, 3.8) is 0 Å². The summed E-state index contributed by atoms with van der Waals surface area (Å²) in [6.07, 6.45) is 22.7. The van der Waals surface area contributed by atoms with Crippen molar-refractivity contribution in [2.45, 2.75) is 209 Å². The van der Waals surface area contributed by atoms with E-state index in [9.17, 15) is 14.4 Å². The van der Waals surface area contributed by atoms with Gasteiger partial charge in [-0.15, -0.1) is 0 Å². The highest BCUT2D eigenvalue weighted by Gasteiger charge is 2.59. The van der Waals surface area contributed by atoms with Crippen LogP contribution >= 0.6 is 0 Å². The second-order valence-electron chi connectivity index (χ2n) is 22.3. The van der Waals surface area contributed by atoms with Gasteiger partial charge in [0.2, 0.25) is 0 Å². The second-order valence-corrected chi connectivity index (χ2v) is 22.3. The number of hydrogen-bond donors (Lipinski definition) is 2. The number of fused-ring (bicyclic) bond motifs is 5. The Morgan fingerprint density at radius 1 is 0.746 bits per heavy atom. The first kappa shape index (κ1) is 49.4. The first-order valence-corrected chi connectivity index (χ1v) is 24.2. The summed E-state index contributed by atoms with van der Waals surface area (Å²) in [6.45, 7) is 26.6. The molecule has 9 heteroatoms. The van der Waals surface area contributed by atoms with E-state index in [1.54, 1.807) is 5.57 Å². The third-order valence-electron chi connectivity index (χ3n) is 14.8. The van der Waals surface area contributed by atoms with Crippen LogP contribution in [0, 0.1) is 46.3 Å². The number of allylic oxidation sites excluding steroid dienone is 1. The third kappa shape index (κ3) is 15.2. The molecule has 0 aliphatic heterocycles. The van der Waals surface area contributed by atoms with E-state index in [0.29, 0.717) is 25.0 Å². The van der Waals surface area contributed by atoms with Crippen molar-refractivity contribution in [3.8, 4) is 0 Å². The Balaban J connectivity index is 1.25. The number of alkyl carbamates (subject to hydrolysis) is 2. The van der Waals surface area contributed by atoms with Crippen LogP contribution in [0.1, 0.15) is 192 Å². The summed E-state index contributed by atoms with van der Waals surface area (Å²) < 4.78 is 17.0. The summed E-state index contributed by atoms with van der Waals surface area (Å²) in [4.78, 5) is 39.9. The molecule has 0 spiro atoms. The largest absolute Gasteiger partial charge is 0.461 e. The number of rotatable bonds is 21. The van der Waals surface area contributed by atoms with E-state index in [0.717, 1.165) is 106 Å². The van der Waals surface area contributed by atoms with Crippen molar-refractivity contribution in [2.75, 3.05) is 32.7 Å². The molecule has 3 fully saturated rings. The normalized spacial score (nSPS) is 28.6. The Morgan fingerprint density at radius 3 is 2.00 bits per heavy atom. The van der Waals surface area contributed by atoms with Gasteiger partial charge < -0.3 is 24.8 Å². The maximum atomic E-state index is 13.6. The van der Waals surface area contributed by atoms with Gasteiger partial charge in [-0.1, -0.05) is 91.2 Å². The number of amides is 2. The van der Waals surface area contributed by atoms with Crippen LogP contribution in [0.2, 0.25) is 0 Å². The molecule has 8 atom stereocenters. The van der Waals surface area contributed by atoms with E-state index in [-0.39, 0.29) is 30.1 Å². The van der Waals surface area contributed by atoms with Crippen LogP contribution < -0.4 is 10.6 Å². The quantitative estimate of drug-likeness (QED) is 0.0514. The fourth-order valence-electron chi connectivity index (χ4n) is 11.9. The molecule has 3 unspecified atom stereocenters. The lowest BCUT2D eigenvalue weighted by Crippen LogP contribution is -2.51. The Kier molecular flexibility index (Phi) is 18.6. The van der Waals surface area contributed by atoms with Gasteiger partial charge >= 0.3 is 18.2 Å². The Hall–Kier alpha value is -2.29.